The standard InChI is InChI=1S/C13H18BrN/c1-13(2,3)12(7-8-15)10-5-4-6-11(14)9-10/h4-7,9H,8,15H2,1-3H3/b12-7+. The fraction of sp³-hybridized carbons (Fsp3) is 0.385. The number of hydrogen-bond donors (Lipinski definition) is 1. The Labute approximate surface area is 101 Å². The maximum atomic E-state index is 5.61. The molecular formula is C13H18BrN. The third-order valence-electron chi connectivity index (χ3n) is 2.27. The Morgan fingerprint density at radius 1 is 1.40 bits per heavy atom. The van der Waals surface area contributed by atoms with Gasteiger partial charge in [0.1, 0.15) is 0 Å². The first-order valence-corrected chi connectivity index (χ1v) is 5.91. The largest absolute Gasteiger partial charge is 0.327 e. The predicted molar refractivity (Wildman–Crippen MR) is 70.6 cm³/mol. The van der Waals surface area contributed by atoms with E-state index in [1.807, 2.05) is 6.07 Å². The monoisotopic (exact) mass is 267 g/mol. The SMILES string of the molecule is CC(C)(C)/C(=C/CN)c1cccc(Br)c1. The second-order valence-corrected chi connectivity index (χ2v) is 5.53. The summed E-state index contributed by atoms with van der Waals surface area (Å²) in [6.07, 6.45) is 2.10. The Hall–Kier alpha value is -0.600. The van der Waals surface area contributed by atoms with Crippen molar-refractivity contribution in [2.24, 2.45) is 11.1 Å². The van der Waals surface area contributed by atoms with Crippen LogP contribution in [0.5, 0.6) is 0 Å². The van der Waals surface area contributed by atoms with E-state index in [9.17, 15) is 0 Å². The second kappa shape index (κ2) is 4.95. The number of halogens is 1. The van der Waals surface area contributed by atoms with Gasteiger partial charge in [-0.2, -0.15) is 0 Å². The summed E-state index contributed by atoms with van der Waals surface area (Å²) in [6, 6.07) is 8.34. The van der Waals surface area contributed by atoms with Gasteiger partial charge in [0.2, 0.25) is 0 Å². The molecule has 0 heterocycles. The molecule has 0 fully saturated rings. The van der Waals surface area contributed by atoms with Gasteiger partial charge < -0.3 is 5.73 Å². The van der Waals surface area contributed by atoms with E-state index in [1.54, 1.807) is 0 Å². The lowest BCUT2D eigenvalue weighted by Crippen LogP contribution is -2.10. The van der Waals surface area contributed by atoms with E-state index in [0.29, 0.717) is 6.54 Å². The average Bonchev–Trinajstić information content (AvgIpc) is 2.12. The molecule has 0 atom stereocenters. The Kier molecular flexibility index (Phi) is 4.12. The minimum Gasteiger partial charge on any atom is -0.327 e. The third-order valence-corrected chi connectivity index (χ3v) is 2.76. The van der Waals surface area contributed by atoms with E-state index in [4.69, 9.17) is 5.73 Å². The number of benzene rings is 1. The Morgan fingerprint density at radius 2 is 2.07 bits per heavy atom. The smallest absolute Gasteiger partial charge is 0.0181 e. The molecule has 2 N–H and O–H groups in total. The summed E-state index contributed by atoms with van der Waals surface area (Å²) in [5.74, 6) is 0. The van der Waals surface area contributed by atoms with Gasteiger partial charge in [0.05, 0.1) is 0 Å². The average molecular weight is 268 g/mol. The van der Waals surface area contributed by atoms with Crippen LogP contribution >= 0.6 is 15.9 Å². The normalized spacial score (nSPS) is 13.0. The van der Waals surface area contributed by atoms with Crippen molar-refractivity contribution in [3.63, 3.8) is 0 Å². The van der Waals surface area contributed by atoms with E-state index >= 15 is 0 Å². The summed E-state index contributed by atoms with van der Waals surface area (Å²) in [4.78, 5) is 0. The highest BCUT2D eigenvalue weighted by molar-refractivity contribution is 9.10. The van der Waals surface area contributed by atoms with Gasteiger partial charge in [0, 0.05) is 11.0 Å². The first-order chi connectivity index (χ1) is 6.95. The van der Waals surface area contributed by atoms with E-state index < -0.39 is 0 Å². The molecule has 82 valence electrons. The summed E-state index contributed by atoms with van der Waals surface area (Å²) in [5, 5.41) is 0. The molecule has 1 rings (SSSR count). The van der Waals surface area contributed by atoms with Crippen molar-refractivity contribution in [3.05, 3.63) is 40.4 Å². The maximum Gasteiger partial charge on any atom is 0.0181 e. The van der Waals surface area contributed by atoms with Gasteiger partial charge in [0.25, 0.3) is 0 Å². The molecule has 0 bridgehead atoms. The zero-order valence-corrected chi connectivity index (χ0v) is 11.1. The van der Waals surface area contributed by atoms with Crippen molar-refractivity contribution < 1.29 is 0 Å². The molecule has 2 heteroatoms. The van der Waals surface area contributed by atoms with Crippen LogP contribution in [0, 0.1) is 5.41 Å². The zero-order valence-electron chi connectivity index (χ0n) is 9.55. The number of rotatable bonds is 2. The van der Waals surface area contributed by atoms with Gasteiger partial charge in [-0.1, -0.05) is 54.9 Å². The van der Waals surface area contributed by atoms with Gasteiger partial charge in [0.15, 0.2) is 0 Å². The van der Waals surface area contributed by atoms with Crippen molar-refractivity contribution in [1.29, 1.82) is 0 Å². The van der Waals surface area contributed by atoms with Crippen molar-refractivity contribution in [2.45, 2.75) is 20.8 Å². The van der Waals surface area contributed by atoms with Gasteiger partial charge >= 0.3 is 0 Å². The van der Waals surface area contributed by atoms with Crippen molar-refractivity contribution in [3.8, 4) is 0 Å². The second-order valence-electron chi connectivity index (χ2n) is 4.61. The van der Waals surface area contributed by atoms with Crippen LogP contribution in [0.3, 0.4) is 0 Å². The minimum absolute atomic E-state index is 0.125. The molecular weight excluding hydrogens is 250 g/mol. The minimum atomic E-state index is 0.125. The molecule has 0 amide bonds. The number of nitrogens with two attached hydrogens (primary N) is 1. The van der Waals surface area contributed by atoms with E-state index in [2.05, 4.69) is 61.0 Å². The molecule has 0 saturated heterocycles. The molecule has 1 aromatic carbocycles. The molecule has 1 aromatic rings. The summed E-state index contributed by atoms with van der Waals surface area (Å²) in [6.45, 7) is 7.19. The molecule has 0 aliphatic carbocycles. The highest BCUT2D eigenvalue weighted by atomic mass is 79.9. The van der Waals surface area contributed by atoms with Crippen molar-refractivity contribution >= 4 is 21.5 Å². The topological polar surface area (TPSA) is 26.0 Å². The van der Waals surface area contributed by atoms with Gasteiger partial charge in [-0.3, -0.25) is 0 Å². The maximum absolute atomic E-state index is 5.61. The Bertz CT molecular complexity index is 361. The molecule has 0 radical (unpaired) electrons. The first kappa shape index (κ1) is 12.5. The molecule has 0 spiro atoms. The van der Waals surface area contributed by atoms with Crippen LogP contribution in [0.1, 0.15) is 26.3 Å². The zero-order chi connectivity index (χ0) is 11.5. The van der Waals surface area contributed by atoms with Crippen LogP contribution in [0.25, 0.3) is 5.57 Å². The lowest BCUT2D eigenvalue weighted by molar-refractivity contribution is 0.565. The summed E-state index contributed by atoms with van der Waals surface area (Å²) in [7, 11) is 0. The quantitative estimate of drug-likeness (QED) is 0.866. The Morgan fingerprint density at radius 3 is 2.53 bits per heavy atom. The van der Waals surface area contributed by atoms with Crippen LogP contribution in [-0.2, 0) is 0 Å². The number of hydrogen-bond acceptors (Lipinski definition) is 1. The van der Waals surface area contributed by atoms with E-state index in [-0.39, 0.29) is 5.41 Å². The predicted octanol–water partition coefficient (Wildman–Crippen LogP) is 3.84. The summed E-state index contributed by atoms with van der Waals surface area (Å²) < 4.78 is 1.10. The van der Waals surface area contributed by atoms with E-state index in [0.717, 1.165) is 4.47 Å². The molecule has 15 heavy (non-hydrogen) atoms. The van der Waals surface area contributed by atoms with Gasteiger partial charge in [-0.15, -0.1) is 0 Å². The molecule has 0 aromatic heterocycles. The molecule has 0 aliphatic heterocycles. The highest BCUT2D eigenvalue weighted by Gasteiger charge is 2.18. The summed E-state index contributed by atoms with van der Waals surface area (Å²) in [5.41, 5.74) is 8.27. The molecule has 0 unspecified atom stereocenters. The van der Waals surface area contributed by atoms with Crippen molar-refractivity contribution in [2.75, 3.05) is 6.54 Å². The lowest BCUT2D eigenvalue weighted by Gasteiger charge is -2.23. The van der Waals surface area contributed by atoms with Crippen LogP contribution in [0.15, 0.2) is 34.8 Å². The lowest BCUT2D eigenvalue weighted by atomic mass is 9.82. The van der Waals surface area contributed by atoms with Crippen LogP contribution in [-0.4, -0.2) is 6.54 Å². The van der Waals surface area contributed by atoms with E-state index in [1.165, 1.54) is 11.1 Å². The molecule has 0 aliphatic rings. The van der Waals surface area contributed by atoms with Crippen LogP contribution < -0.4 is 5.73 Å². The fourth-order valence-corrected chi connectivity index (χ4v) is 2.03. The van der Waals surface area contributed by atoms with Crippen LogP contribution in [0.4, 0.5) is 0 Å². The van der Waals surface area contributed by atoms with Crippen molar-refractivity contribution in [1.82, 2.24) is 0 Å². The highest BCUT2D eigenvalue weighted by Crippen LogP contribution is 2.34. The van der Waals surface area contributed by atoms with Crippen LogP contribution in [0.2, 0.25) is 0 Å². The summed E-state index contributed by atoms with van der Waals surface area (Å²) >= 11 is 3.49. The van der Waals surface area contributed by atoms with Gasteiger partial charge in [-0.25, -0.2) is 0 Å². The number of allylic oxidation sites excluding steroid dienone is 1. The molecule has 1 nitrogen and oxygen atoms in total. The molecule has 0 saturated carbocycles. The fourth-order valence-electron chi connectivity index (χ4n) is 1.63. The first-order valence-electron chi connectivity index (χ1n) is 5.12. The van der Waals surface area contributed by atoms with Gasteiger partial charge in [-0.05, 0) is 28.7 Å². The third kappa shape index (κ3) is 3.47. The Balaban J connectivity index is 3.17.